The summed E-state index contributed by atoms with van der Waals surface area (Å²) < 4.78 is 11.0. The van der Waals surface area contributed by atoms with Gasteiger partial charge in [0.2, 0.25) is 0 Å². The number of ether oxygens (including phenoxy) is 2. The summed E-state index contributed by atoms with van der Waals surface area (Å²) in [6.45, 7) is 4.99. The van der Waals surface area contributed by atoms with Crippen molar-refractivity contribution in [1.82, 2.24) is 5.32 Å². The van der Waals surface area contributed by atoms with E-state index in [-0.39, 0.29) is 12.1 Å². The fourth-order valence-corrected chi connectivity index (χ4v) is 3.22. The Morgan fingerprint density at radius 1 is 0.929 bits per heavy atom. The fraction of sp³-hybridized carbons (Fsp3) is 0.333. The number of nitrogens with one attached hydrogen (secondary N) is 1. The maximum atomic E-state index is 10.3. The molecule has 0 saturated carbocycles. The molecule has 148 valence electrons. The molecule has 3 aromatic carbocycles. The third-order valence-corrected chi connectivity index (χ3v) is 4.78. The second kappa shape index (κ2) is 9.09. The molecule has 0 spiro atoms. The lowest BCUT2D eigenvalue weighted by Crippen LogP contribution is -2.46. The highest BCUT2D eigenvalue weighted by Gasteiger charge is 2.19. The van der Waals surface area contributed by atoms with Crippen molar-refractivity contribution in [3.8, 4) is 11.5 Å². The molecule has 2 N–H and O–H groups in total. The minimum absolute atomic E-state index is 0.140. The molecule has 0 amide bonds. The molecule has 3 rings (SSSR count). The van der Waals surface area contributed by atoms with E-state index in [1.54, 1.807) is 7.11 Å². The van der Waals surface area contributed by atoms with Gasteiger partial charge in [-0.1, -0.05) is 42.5 Å². The van der Waals surface area contributed by atoms with Crippen molar-refractivity contribution in [1.29, 1.82) is 0 Å². The van der Waals surface area contributed by atoms with E-state index in [1.807, 2.05) is 42.5 Å². The number of rotatable bonds is 9. The van der Waals surface area contributed by atoms with Crippen LogP contribution in [0.25, 0.3) is 10.8 Å². The van der Waals surface area contributed by atoms with E-state index in [0.29, 0.717) is 6.54 Å². The second-order valence-electron chi connectivity index (χ2n) is 7.76. The summed E-state index contributed by atoms with van der Waals surface area (Å²) in [4.78, 5) is 0. The van der Waals surface area contributed by atoms with Gasteiger partial charge in [0.15, 0.2) is 0 Å². The maximum absolute atomic E-state index is 10.3. The molecule has 0 radical (unpaired) electrons. The lowest BCUT2D eigenvalue weighted by atomic mass is 9.94. The van der Waals surface area contributed by atoms with E-state index in [9.17, 15) is 5.11 Å². The molecule has 1 unspecified atom stereocenters. The molecule has 0 heterocycles. The van der Waals surface area contributed by atoms with Crippen molar-refractivity contribution >= 4 is 10.8 Å². The zero-order valence-electron chi connectivity index (χ0n) is 16.8. The summed E-state index contributed by atoms with van der Waals surface area (Å²) >= 11 is 0. The zero-order valence-corrected chi connectivity index (χ0v) is 16.8. The summed E-state index contributed by atoms with van der Waals surface area (Å²) in [6.07, 6.45) is 0.275. The van der Waals surface area contributed by atoms with E-state index in [0.717, 1.165) is 23.3 Å². The number of hydrogen-bond donors (Lipinski definition) is 2. The van der Waals surface area contributed by atoms with Crippen LogP contribution in [0.3, 0.4) is 0 Å². The lowest BCUT2D eigenvalue weighted by Gasteiger charge is -2.28. The average molecular weight is 380 g/mol. The van der Waals surface area contributed by atoms with E-state index in [4.69, 9.17) is 9.47 Å². The molecule has 0 bridgehead atoms. The first kappa shape index (κ1) is 20.2. The predicted octanol–water partition coefficient (Wildman–Crippen LogP) is 4.20. The molecule has 0 fully saturated rings. The lowest BCUT2D eigenvalue weighted by molar-refractivity contribution is 0.0989. The molecule has 0 saturated heterocycles. The summed E-state index contributed by atoms with van der Waals surface area (Å²) in [6, 6.07) is 22.2. The SMILES string of the molecule is COc1ccc(CC(C)(C)NCC(O)COc2ccc3ccccc3c2)cc1. The van der Waals surface area contributed by atoms with Gasteiger partial charge >= 0.3 is 0 Å². The van der Waals surface area contributed by atoms with Crippen LogP contribution in [0.15, 0.2) is 66.7 Å². The maximum Gasteiger partial charge on any atom is 0.120 e. The van der Waals surface area contributed by atoms with Gasteiger partial charge in [-0.15, -0.1) is 0 Å². The first-order valence-corrected chi connectivity index (χ1v) is 9.63. The van der Waals surface area contributed by atoms with Crippen LogP contribution in [0.2, 0.25) is 0 Å². The Morgan fingerprint density at radius 2 is 1.61 bits per heavy atom. The van der Waals surface area contributed by atoms with Gasteiger partial charge < -0.3 is 19.9 Å². The van der Waals surface area contributed by atoms with E-state index < -0.39 is 6.10 Å². The highest BCUT2D eigenvalue weighted by Crippen LogP contribution is 2.21. The number of aliphatic hydroxyl groups excluding tert-OH is 1. The number of fused-ring (bicyclic) bond motifs is 1. The summed E-state index contributed by atoms with van der Waals surface area (Å²) in [5.41, 5.74) is 1.08. The first-order chi connectivity index (χ1) is 13.4. The largest absolute Gasteiger partial charge is 0.497 e. The van der Waals surface area contributed by atoms with Gasteiger partial charge in [0, 0.05) is 12.1 Å². The van der Waals surface area contributed by atoms with Crippen LogP contribution in [0.1, 0.15) is 19.4 Å². The minimum atomic E-state index is -0.582. The minimum Gasteiger partial charge on any atom is -0.497 e. The van der Waals surface area contributed by atoms with Crippen LogP contribution in [0.5, 0.6) is 11.5 Å². The normalized spacial score (nSPS) is 12.7. The Hall–Kier alpha value is -2.56. The van der Waals surface area contributed by atoms with Crippen LogP contribution in [-0.4, -0.2) is 37.0 Å². The van der Waals surface area contributed by atoms with Gasteiger partial charge in [0.25, 0.3) is 0 Å². The standard InChI is InChI=1S/C24H29NO3/c1-24(2,15-18-8-11-22(27-3)12-9-18)25-16-21(26)17-28-23-13-10-19-6-4-5-7-20(19)14-23/h4-14,21,25-26H,15-17H2,1-3H3. The number of aliphatic hydroxyl groups is 1. The van der Waals surface area contributed by atoms with Crippen molar-refractivity contribution in [2.24, 2.45) is 0 Å². The molecule has 1 atom stereocenters. The van der Waals surface area contributed by atoms with Gasteiger partial charge in [-0.25, -0.2) is 0 Å². The van der Waals surface area contributed by atoms with Gasteiger partial charge in [-0.3, -0.25) is 0 Å². The predicted molar refractivity (Wildman–Crippen MR) is 114 cm³/mol. The number of benzene rings is 3. The van der Waals surface area contributed by atoms with E-state index in [2.05, 4.69) is 43.4 Å². The second-order valence-corrected chi connectivity index (χ2v) is 7.76. The summed E-state index contributed by atoms with van der Waals surface area (Å²) in [5, 5.41) is 16.1. The van der Waals surface area contributed by atoms with Gasteiger partial charge in [-0.2, -0.15) is 0 Å². The highest BCUT2D eigenvalue weighted by atomic mass is 16.5. The van der Waals surface area contributed by atoms with Crippen molar-refractivity contribution in [2.75, 3.05) is 20.3 Å². The van der Waals surface area contributed by atoms with Crippen LogP contribution in [0, 0.1) is 0 Å². The summed E-state index contributed by atoms with van der Waals surface area (Å²) in [7, 11) is 1.67. The molecule has 3 aromatic rings. The van der Waals surface area contributed by atoms with E-state index >= 15 is 0 Å². The zero-order chi connectivity index (χ0) is 20.0. The van der Waals surface area contributed by atoms with Crippen LogP contribution in [-0.2, 0) is 6.42 Å². The molecule has 0 aliphatic heterocycles. The molecule has 0 aromatic heterocycles. The number of methoxy groups -OCH3 is 1. The third kappa shape index (κ3) is 5.72. The van der Waals surface area contributed by atoms with Crippen LogP contribution in [0.4, 0.5) is 0 Å². The van der Waals surface area contributed by atoms with Crippen LogP contribution >= 0.6 is 0 Å². The molecular formula is C24H29NO3. The Balaban J connectivity index is 1.47. The van der Waals surface area contributed by atoms with Gasteiger partial charge in [0.05, 0.1) is 7.11 Å². The monoisotopic (exact) mass is 379 g/mol. The number of hydrogen-bond acceptors (Lipinski definition) is 4. The Kier molecular flexibility index (Phi) is 6.55. The van der Waals surface area contributed by atoms with Crippen molar-refractivity contribution < 1.29 is 14.6 Å². The molecule has 0 aliphatic carbocycles. The Labute approximate surface area is 167 Å². The Morgan fingerprint density at radius 3 is 2.32 bits per heavy atom. The smallest absolute Gasteiger partial charge is 0.120 e. The quantitative estimate of drug-likeness (QED) is 0.585. The Bertz CT molecular complexity index is 890. The van der Waals surface area contributed by atoms with Crippen molar-refractivity contribution in [3.05, 3.63) is 72.3 Å². The molecule has 28 heavy (non-hydrogen) atoms. The topological polar surface area (TPSA) is 50.7 Å². The average Bonchev–Trinajstić information content (AvgIpc) is 2.71. The van der Waals surface area contributed by atoms with Crippen molar-refractivity contribution in [3.63, 3.8) is 0 Å². The molecule has 0 aliphatic rings. The van der Waals surface area contributed by atoms with E-state index in [1.165, 1.54) is 10.9 Å². The van der Waals surface area contributed by atoms with Crippen LogP contribution < -0.4 is 14.8 Å². The number of β-amino-alcohol motifs (C(OH)–C–C–N with tert-alkyl or cyclic N) is 1. The van der Waals surface area contributed by atoms with Gasteiger partial charge in [-0.05, 0) is 60.9 Å². The third-order valence-electron chi connectivity index (χ3n) is 4.78. The molecular weight excluding hydrogens is 350 g/mol. The fourth-order valence-electron chi connectivity index (χ4n) is 3.22. The van der Waals surface area contributed by atoms with Crippen molar-refractivity contribution in [2.45, 2.75) is 31.9 Å². The first-order valence-electron chi connectivity index (χ1n) is 9.63. The molecule has 4 heteroatoms. The highest BCUT2D eigenvalue weighted by molar-refractivity contribution is 5.83. The summed E-state index contributed by atoms with van der Waals surface area (Å²) in [5.74, 6) is 1.63. The van der Waals surface area contributed by atoms with Gasteiger partial charge in [0.1, 0.15) is 24.2 Å². The molecule has 4 nitrogen and oxygen atoms in total.